The molecule has 0 atom stereocenters. The van der Waals surface area contributed by atoms with Gasteiger partial charge in [-0.1, -0.05) is 6.07 Å². The van der Waals surface area contributed by atoms with Gasteiger partial charge in [-0.05, 0) is 68.0 Å². The van der Waals surface area contributed by atoms with Crippen LogP contribution in [0.1, 0.15) is 18.9 Å². The normalized spacial score (nSPS) is 10.7. The average Bonchev–Trinajstić information content (AvgIpc) is 3.04. The highest BCUT2D eigenvalue weighted by Gasteiger charge is 2.11. The van der Waals surface area contributed by atoms with Gasteiger partial charge in [0.25, 0.3) is 0 Å². The summed E-state index contributed by atoms with van der Waals surface area (Å²) in [4.78, 5) is 12.3. The Morgan fingerprint density at radius 3 is 2.71 bits per heavy atom. The van der Waals surface area contributed by atoms with E-state index in [1.54, 1.807) is 23.6 Å². The maximum atomic E-state index is 13.6. The van der Waals surface area contributed by atoms with Gasteiger partial charge < -0.3 is 10.1 Å². The average molecular weight is 400 g/mol. The number of nitrogens with zero attached hydrogens (tertiary/aromatic N) is 2. The van der Waals surface area contributed by atoms with Crippen molar-refractivity contribution in [1.82, 2.24) is 14.8 Å². The summed E-state index contributed by atoms with van der Waals surface area (Å²) in [6.45, 7) is 4.54. The van der Waals surface area contributed by atoms with Gasteiger partial charge in [0, 0.05) is 24.2 Å². The van der Waals surface area contributed by atoms with Gasteiger partial charge >= 0.3 is 0 Å². The minimum Gasteiger partial charge on any atom is -0.494 e. The summed E-state index contributed by atoms with van der Waals surface area (Å²) in [5, 5.41) is 9.73. The number of H-pyrrole nitrogens is 1. The zero-order valence-corrected chi connectivity index (χ0v) is 16.5. The molecule has 0 bridgehead atoms. The second-order valence-corrected chi connectivity index (χ2v) is 6.61. The van der Waals surface area contributed by atoms with Crippen molar-refractivity contribution in [3.05, 3.63) is 58.6 Å². The van der Waals surface area contributed by atoms with Crippen LogP contribution in [0.5, 0.6) is 5.75 Å². The van der Waals surface area contributed by atoms with Gasteiger partial charge in [-0.2, -0.15) is 5.10 Å². The Morgan fingerprint density at radius 2 is 2.04 bits per heavy atom. The molecule has 8 heteroatoms. The monoisotopic (exact) mass is 400 g/mol. The van der Waals surface area contributed by atoms with Gasteiger partial charge in [0.15, 0.2) is 10.6 Å². The lowest BCUT2D eigenvalue weighted by Gasteiger charge is -2.09. The van der Waals surface area contributed by atoms with E-state index in [4.69, 9.17) is 17.0 Å². The van der Waals surface area contributed by atoms with E-state index < -0.39 is 0 Å². The van der Waals surface area contributed by atoms with E-state index in [-0.39, 0.29) is 18.1 Å². The predicted octanol–water partition coefficient (Wildman–Crippen LogP) is 4.48. The number of nitrogens with one attached hydrogen (secondary N) is 2. The molecule has 6 nitrogen and oxygen atoms in total. The molecule has 3 aromatic rings. The first-order chi connectivity index (χ1) is 13.5. The Bertz CT molecular complexity index is 1030. The molecule has 146 valence electrons. The number of amides is 1. The van der Waals surface area contributed by atoms with Crippen LogP contribution in [0, 0.1) is 17.5 Å². The van der Waals surface area contributed by atoms with E-state index >= 15 is 0 Å². The number of carbonyl (C=O) groups is 1. The molecule has 28 heavy (non-hydrogen) atoms. The maximum absolute atomic E-state index is 13.6. The van der Waals surface area contributed by atoms with Gasteiger partial charge in [-0.25, -0.2) is 4.39 Å². The lowest BCUT2D eigenvalue weighted by molar-refractivity contribution is -0.116. The highest BCUT2D eigenvalue weighted by atomic mass is 32.1. The molecule has 0 fully saturated rings. The molecule has 0 aliphatic rings. The zero-order chi connectivity index (χ0) is 20.1. The van der Waals surface area contributed by atoms with Gasteiger partial charge in [0.05, 0.1) is 6.61 Å². The van der Waals surface area contributed by atoms with Crippen LogP contribution >= 0.6 is 12.2 Å². The third-order valence-electron chi connectivity index (χ3n) is 4.20. The minimum atomic E-state index is -0.354. The van der Waals surface area contributed by atoms with Crippen molar-refractivity contribution in [2.75, 3.05) is 11.9 Å². The second-order valence-electron chi connectivity index (χ2n) is 6.22. The Kier molecular flexibility index (Phi) is 6.20. The SMILES string of the molecule is CCOc1ccc(-c2n[nH]c(=S)n2CCC(=O)Nc2ccc(C)c(F)c2)cc1. The smallest absolute Gasteiger partial charge is 0.226 e. The summed E-state index contributed by atoms with van der Waals surface area (Å²) in [5.41, 5.74) is 1.81. The first-order valence-corrected chi connectivity index (χ1v) is 9.33. The Labute approximate surface area is 167 Å². The zero-order valence-electron chi connectivity index (χ0n) is 15.7. The molecule has 1 aromatic heterocycles. The topological polar surface area (TPSA) is 71.9 Å². The number of anilines is 1. The summed E-state index contributed by atoms with van der Waals surface area (Å²) >= 11 is 5.29. The number of ether oxygens (including phenoxy) is 1. The van der Waals surface area contributed by atoms with E-state index in [1.165, 1.54) is 6.07 Å². The molecule has 2 N–H and O–H groups in total. The first-order valence-electron chi connectivity index (χ1n) is 8.92. The fourth-order valence-corrected chi connectivity index (χ4v) is 2.94. The summed E-state index contributed by atoms with van der Waals surface area (Å²) < 4.78 is 21.3. The third kappa shape index (κ3) is 4.64. The molecule has 0 saturated heterocycles. The summed E-state index contributed by atoms with van der Waals surface area (Å²) in [6, 6.07) is 12.1. The lowest BCUT2D eigenvalue weighted by Crippen LogP contribution is -2.15. The summed E-state index contributed by atoms with van der Waals surface area (Å²) in [5.74, 6) is 0.829. The lowest BCUT2D eigenvalue weighted by atomic mass is 10.2. The first kappa shape index (κ1) is 19.8. The number of carbonyl (C=O) groups excluding carboxylic acids is 1. The van der Waals surface area contributed by atoms with E-state index in [1.807, 2.05) is 31.2 Å². The summed E-state index contributed by atoms with van der Waals surface area (Å²) in [6.07, 6.45) is 0.174. The molecule has 3 rings (SSSR count). The van der Waals surface area contributed by atoms with Crippen LogP contribution in [0.4, 0.5) is 10.1 Å². The van der Waals surface area contributed by atoms with Crippen molar-refractivity contribution < 1.29 is 13.9 Å². The van der Waals surface area contributed by atoms with Crippen LogP contribution in [0.25, 0.3) is 11.4 Å². The molecule has 1 heterocycles. The Balaban J connectivity index is 1.69. The number of aromatic amines is 1. The van der Waals surface area contributed by atoms with Crippen LogP contribution < -0.4 is 10.1 Å². The maximum Gasteiger partial charge on any atom is 0.226 e. The molecule has 1 amide bonds. The number of rotatable bonds is 7. The van der Waals surface area contributed by atoms with Crippen molar-refractivity contribution in [2.45, 2.75) is 26.8 Å². The quantitative estimate of drug-likeness (QED) is 0.574. The van der Waals surface area contributed by atoms with Crippen LogP contribution in [-0.4, -0.2) is 27.3 Å². The standard InChI is InChI=1S/C20H21FN4O2S/c1-3-27-16-8-5-14(6-9-16)19-23-24-20(28)25(19)11-10-18(26)22-15-7-4-13(2)17(21)12-15/h4-9,12H,3,10-11H2,1-2H3,(H,22,26)(H,24,28). The van der Waals surface area contributed by atoms with Crippen molar-refractivity contribution >= 4 is 23.8 Å². The molecule has 0 aliphatic heterocycles. The number of aromatic nitrogens is 3. The van der Waals surface area contributed by atoms with Gasteiger partial charge in [-0.3, -0.25) is 14.5 Å². The van der Waals surface area contributed by atoms with Crippen molar-refractivity contribution in [3.8, 4) is 17.1 Å². The van der Waals surface area contributed by atoms with E-state index in [2.05, 4.69) is 15.5 Å². The second kappa shape index (κ2) is 8.79. The largest absolute Gasteiger partial charge is 0.494 e. The molecule has 0 aliphatic carbocycles. The van der Waals surface area contributed by atoms with Crippen LogP contribution in [0.3, 0.4) is 0 Å². The molecule has 0 saturated carbocycles. The third-order valence-corrected chi connectivity index (χ3v) is 4.51. The van der Waals surface area contributed by atoms with Crippen LogP contribution in [0.15, 0.2) is 42.5 Å². The van der Waals surface area contributed by atoms with Crippen molar-refractivity contribution in [2.24, 2.45) is 0 Å². The van der Waals surface area contributed by atoms with Crippen LogP contribution in [0.2, 0.25) is 0 Å². The molecular weight excluding hydrogens is 379 g/mol. The number of hydrogen-bond donors (Lipinski definition) is 2. The fraction of sp³-hybridized carbons (Fsp3) is 0.250. The molecule has 0 spiro atoms. The number of halogens is 1. The van der Waals surface area contributed by atoms with E-state index in [0.717, 1.165) is 11.3 Å². The molecular formula is C20H21FN4O2S. The highest BCUT2D eigenvalue weighted by Crippen LogP contribution is 2.21. The summed E-state index contributed by atoms with van der Waals surface area (Å²) in [7, 11) is 0. The number of hydrogen-bond acceptors (Lipinski definition) is 4. The Hall–Kier alpha value is -3.00. The van der Waals surface area contributed by atoms with Gasteiger partial charge in [0.1, 0.15) is 11.6 Å². The van der Waals surface area contributed by atoms with Crippen LogP contribution in [-0.2, 0) is 11.3 Å². The molecule has 0 radical (unpaired) electrons. The van der Waals surface area contributed by atoms with Crippen molar-refractivity contribution in [1.29, 1.82) is 0 Å². The number of benzene rings is 2. The predicted molar refractivity (Wildman–Crippen MR) is 108 cm³/mol. The molecule has 2 aromatic carbocycles. The van der Waals surface area contributed by atoms with Crippen molar-refractivity contribution in [3.63, 3.8) is 0 Å². The van der Waals surface area contributed by atoms with E-state index in [0.29, 0.717) is 35.0 Å². The highest BCUT2D eigenvalue weighted by molar-refractivity contribution is 7.71. The van der Waals surface area contributed by atoms with E-state index in [9.17, 15) is 9.18 Å². The number of aryl methyl sites for hydroxylation is 1. The molecule has 0 unspecified atom stereocenters. The van der Waals surface area contributed by atoms with Gasteiger partial charge in [0.2, 0.25) is 5.91 Å². The Morgan fingerprint density at radius 1 is 1.29 bits per heavy atom. The fourth-order valence-electron chi connectivity index (χ4n) is 2.72. The van der Waals surface area contributed by atoms with Gasteiger partial charge in [-0.15, -0.1) is 0 Å². The minimum absolute atomic E-state index is 0.174.